The molecule has 2 amide bonds. The van der Waals surface area contributed by atoms with Gasteiger partial charge in [-0.1, -0.05) is 0 Å². The van der Waals surface area contributed by atoms with Gasteiger partial charge in [0.25, 0.3) is 5.91 Å². The molecule has 0 saturated carbocycles. The fourth-order valence-corrected chi connectivity index (χ4v) is 3.93. The van der Waals surface area contributed by atoms with E-state index in [2.05, 4.69) is 5.32 Å². The molecule has 2 fully saturated rings. The van der Waals surface area contributed by atoms with Crippen molar-refractivity contribution in [2.75, 3.05) is 19.6 Å². The van der Waals surface area contributed by atoms with Gasteiger partial charge in [0.1, 0.15) is 17.2 Å². The Balaban J connectivity index is 1.60. The van der Waals surface area contributed by atoms with Gasteiger partial charge in [-0.05, 0) is 79.4 Å². The van der Waals surface area contributed by atoms with Crippen LogP contribution in [0.4, 0.5) is 13.6 Å². The van der Waals surface area contributed by atoms with Crippen LogP contribution >= 0.6 is 0 Å². The van der Waals surface area contributed by atoms with Gasteiger partial charge >= 0.3 is 13.2 Å². The lowest BCUT2D eigenvalue weighted by Crippen LogP contribution is -2.43. The number of likely N-dealkylation sites (tertiary alicyclic amines) is 1. The molecule has 2 heterocycles. The smallest absolute Gasteiger partial charge is 0.444 e. The molecule has 2 aliphatic heterocycles. The predicted molar refractivity (Wildman–Crippen MR) is 125 cm³/mol. The highest BCUT2D eigenvalue weighted by Gasteiger charge is 2.52. The number of nitrogens with zero attached hydrogens (tertiary/aromatic N) is 1. The molecule has 0 spiro atoms. The Kier molecular flexibility index (Phi) is 7.34. The quantitative estimate of drug-likeness (QED) is 0.667. The Labute approximate surface area is 200 Å². The fourth-order valence-electron chi connectivity index (χ4n) is 3.93. The maximum Gasteiger partial charge on any atom is 0.497 e. The van der Waals surface area contributed by atoms with Gasteiger partial charge in [0, 0.05) is 25.1 Å². The average Bonchev–Trinajstić information content (AvgIpc) is 2.93. The van der Waals surface area contributed by atoms with Crippen molar-refractivity contribution in [3.05, 3.63) is 29.3 Å². The number of benzene rings is 1. The van der Waals surface area contributed by atoms with Gasteiger partial charge < -0.3 is 24.3 Å². The molecule has 0 aromatic heterocycles. The van der Waals surface area contributed by atoms with E-state index in [1.165, 1.54) is 4.90 Å². The molecule has 0 bridgehead atoms. The molecular weight excluding hydrogens is 445 g/mol. The van der Waals surface area contributed by atoms with Crippen molar-refractivity contribution in [1.82, 2.24) is 10.2 Å². The van der Waals surface area contributed by atoms with Crippen molar-refractivity contribution in [3.8, 4) is 0 Å². The second-order valence-electron chi connectivity index (χ2n) is 11.1. The lowest BCUT2D eigenvalue weighted by Gasteiger charge is -2.32. The van der Waals surface area contributed by atoms with Crippen LogP contribution in [-0.4, -0.2) is 60.5 Å². The van der Waals surface area contributed by atoms with E-state index in [-0.39, 0.29) is 16.9 Å². The first-order valence-corrected chi connectivity index (χ1v) is 11.7. The highest BCUT2D eigenvalue weighted by atomic mass is 19.1. The number of carbonyl (C=O) groups is 2. The van der Waals surface area contributed by atoms with Crippen molar-refractivity contribution in [3.63, 3.8) is 0 Å². The van der Waals surface area contributed by atoms with Crippen LogP contribution in [-0.2, 0) is 14.0 Å². The number of hydrogen-bond donors (Lipinski definition) is 1. The van der Waals surface area contributed by atoms with Crippen molar-refractivity contribution in [2.24, 2.45) is 5.92 Å². The van der Waals surface area contributed by atoms with E-state index in [0.29, 0.717) is 32.5 Å². The number of hydrogen-bond acceptors (Lipinski definition) is 5. The standard InChI is InChI=1S/C24H35BF2N2O5/c1-22(2,3)32-21(31)28-14-15-8-10-29(11-9-15)20(30)16-12-19(27)17(13-18(16)26)25-33-23(4,5)24(6,7)34-25/h12-13,15H,8-11,14H2,1-7H3,(H,28,31). The minimum absolute atomic E-state index is 0.0698. The highest BCUT2D eigenvalue weighted by Crippen LogP contribution is 2.36. The van der Waals surface area contributed by atoms with Crippen LogP contribution in [0.5, 0.6) is 0 Å². The topological polar surface area (TPSA) is 77.1 Å². The van der Waals surface area contributed by atoms with Crippen LogP contribution in [0.2, 0.25) is 0 Å². The minimum atomic E-state index is -1.06. The summed E-state index contributed by atoms with van der Waals surface area (Å²) in [5, 5.41) is 2.75. The van der Waals surface area contributed by atoms with Crippen molar-refractivity contribution >= 4 is 24.6 Å². The number of halogens is 2. The fraction of sp³-hybridized carbons (Fsp3) is 0.667. The van der Waals surface area contributed by atoms with E-state index in [1.54, 1.807) is 20.8 Å². The summed E-state index contributed by atoms with van der Waals surface area (Å²) in [5.74, 6) is -1.95. The van der Waals surface area contributed by atoms with E-state index in [9.17, 15) is 18.4 Å². The molecule has 1 aromatic carbocycles. The molecule has 0 aliphatic carbocycles. The molecule has 34 heavy (non-hydrogen) atoms. The molecule has 3 rings (SSSR count). The summed E-state index contributed by atoms with van der Waals surface area (Å²) >= 11 is 0. The Morgan fingerprint density at radius 1 is 1.09 bits per heavy atom. The zero-order chi connectivity index (χ0) is 25.5. The van der Waals surface area contributed by atoms with Crippen LogP contribution in [0.1, 0.15) is 71.7 Å². The molecule has 2 saturated heterocycles. The summed E-state index contributed by atoms with van der Waals surface area (Å²) in [4.78, 5) is 26.2. The molecule has 0 unspecified atom stereocenters. The van der Waals surface area contributed by atoms with Gasteiger partial charge in [-0.25, -0.2) is 13.6 Å². The molecule has 0 atom stereocenters. The third-order valence-electron chi connectivity index (χ3n) is 6.66. The summed E-state index contributed by atoms with van der Waals surface area (Å²) in [6.07, 6.45) is 0.792. The average molecular weight is 480 g/mol. The molecule has 188 valence electrons. The molecular formula is C24H35BF2N2O5. The largest absolute Gasteiger partial charge is 0.497 e. The van der Waals surface area contributed by atoms with Gasteiger partial charge in [0.15, 0.2) is 0 Å². The number of nitrogens with one attached hydrogen (secondary N) is 1. The van der Waals surface area contributed by atoms with Crippen LogP contribution in [0.25, 0.3) is 0 Å². The molecule has 0 radical (unpaired) electrons. The van der Waals surface area contributed by atoms with Crippen LogP contribution < -0.4 is 10.8 Å². The molecule has 1 N–H and O–H groups in total. The first kappa shape index (κ1) is 26.4. The second-order valence-corrected chi connectivity index (χ2v) is 11.1. The number of carbonyl (C=O) groups excluding carboxylic acids is 2. The first-order valence-electron chi connectivity index (χ1n) is 11.7. The summed E-state index contributed by atoms with van der Waals surface area (Å²) in [5.41, 5.74) is -2.35. The number of piperidine rings is 1. The summed E-state index contributed by atoms with van der Waals surface area (Å²) in [6.45, 7) is 13.9. The second kappa shape index (κ2) is 9.45. The molecule has 7 nitrogen and oxygen atoms in total. The Bertz CT molecular complexity index is 924. The number of amides is 2. The lowest BCUT2D eigenvalue weighted by molar-refractivity contribution is 0.00578. The summed E-state index contributed by atoms with van der Waals surface area (Å²) < 4.78 is 46.7. The van der Waals surface area contributed by atoms with Crippen LogP contribution in [0.3, 0.4) is 0 Å². The summed E-state index contributed by atoms with van der Waals surface area (Å²) in [6, 6.07) is 1.91. The van der Waals surface area contributed by atoms with Crippen LogP contribution in [0, 0.1) is 17.6 Å². The number of ether oxygens (including phenoxy) is 1. The molecule has 2 aliphatic rings. The highest BCUT2D eigenvalue weighted by molar-refractivity contribution is 6.62. The van der Waals surface area contributed by atoms with Crippen molar-refractivity contribution in [1.29, 1.82) is 0 Å². The van der Waals surface area contributed by atoms with E-state index in [0.717, 1.165) is 12.1 Å². The lowest BCUT2D eigenvalue weighted by atomic mass is 9.78. The zero-order valence-corrected chi connectivity index (χ0v) is 21.1. The van der Waals surface area contributed by atoms with Gasteiger partial charge in [0.05, 0.1) is 16.8 Å². The predicted octanol–water partition coefficient (Wildman–Crippen LogP) is 3.64. The van der Waals surface area contributed by atoms with Gasteiger partial charge in [-0.15, -0.1) is 0 Å². The Morgan fingerprint density at radius 3 is 2.18 bits per heavy atom. The number of alkyl carbamates (subject to hydrolysis) is 1. The van der Waals surface area contributed by atoms with Gasteiger partial charge in [-0.2, -0.15) is 0 Å². The van der Waals surface area contributed by atoms with Crippen molar-refractivity contribution < 1.29 is 32.4 Å². The van der Waals surface area contributed by atoms with E-state index >= 15 is 0 Å². The van der Waals surface area contributed by atoms with Crippen molar-refractivity contribution in [2.45, 2.75) is 78.1 Å². The van der Waals surface area contributed by atoms with E-state index in [4.69, 9.17) is 14.0 Å². The SMILES string of the molecule is CC(C)(C)OC(=O)NCC1CCN(C(=O)c2cc(F)c(B3OC(C)(C)C(C)(C)O3)cc2F)CC1. The maximum atomic E-state index is 14.9. The third-order valence-corrected chi connectivity index (χ3v) is 6.66. The Hall–Kier alpha value is -2.20. The number of rotatable bonds is 4. The third kappa shape index (κ3) is 5.89. The summed E-state index contributed by atoms with van der Waals surface area (Å²) in [7, 11) is -1.06. The van der Waals surface area contributed by atoms with Gasteiger partial charge in [-0.3, -0.25) is 4.79 Å². The van der Waals surface area contributed by atoms with E-state index in [1.807, 2.05) is 27.7 Å². The first-order chi connectivity index (χ1) is 15.6. The minimum Gasteiger partial charge on any atom is -0.444 e. The zero-order valence-electron chi connectivity index (χ0n) is 21.1. The molecule has 1 aromatic rings. The van der Waals surface area contributed by atoms with E-state index < -0.39 is 47.6 Å². The normalized spacial score (nSPS) is 20.4. The Morgan fingerprint density at radius 2 is 1.65 bits per heavy atom. The monoisotopic (exact) mass is 480 g/mol. The van der Waals surface area contributed by atoms with Gasteiger partial charge in [0.2, 0.25) is 0 Å². The maximum absolute atomic E-state index is 14.9. The molecule has 10 heteroatoms. The van der Waals surface area contributed by atoms with Crippen LogP contribution in [0.15, 0.2) is 12.1 Å².